The third-order valence-corrected chi connectivity index (χ3v) is 2.85. The minimum atomic E-state index is 0.495. The zero-order valence-electron chi connectivity index (χ0n) is 12.6. The number of aryl methyl sites for hydroxylation is 1. The van der Waals surface area contributed by atoms with Gasteiger partial charge in [0.15, 0.2) is 0 Å². The van der Waals surface area contributed by atoms with Crippen molar-refractivity contribution in [3.8, 4) is 0 Å². The van der Waals surface area contributed by atoms with Crippen LogP contribution in [0.15, 0.2) is 12.3 Å². The van der Waals surface area contributed by atoms with E-state index >= 15 is 0 Å². The molecule has 0 spiro atoms. The number of nitrogens with one attached hydrogen (secondary N) is 1. The van der Waals surface area contributed by atoms with Crippen molar-refractivity contribution in [2.75, 3.05) is 18.5 Å². The average molecular weight is 249 g/mol. The Hall–Kier alpha value is -1.09. The van der Waals surface area contributed by atoms with Crippen LogP contribution in [0.25, 0.3) is 0 Å². The quantitative estimate of drug-likeness (QED) is 0.840. The molecule has 0 unspecified atom stereocenters. The van der Waals surface area contributed by atoms with Crippen LogP contribution < -0.4 is 10.2 Å². The summed E-state index contributed by atoms with van der Waals surface area (Å²) in [5, 5.41) is 3.46. The third kappa shape index (κ3) is 4.65. The third-order valence-electron chi connectivity index (χ3n) is 2.85. The normalized spacial score (nSPS) is 11.3. The van der Waals surface area contributed by atoms with Crippen LogP contribution in [0, 0.1) is 12.8 Å². The fraction of sp³-hybridized carbons (Fsp3) is 0.667. The molecule has 1 aromatic heterocycles. The Kier molecular flexibility index (Phi) is 5.60. The van der Waals surface area contributed by atoms with Gasteiger partial charge in [0.25, 0.3) is 0 Å². The Morgan fingerprint density at radius 1 is 1.28 bits per heavy atom. The van der Waals surface area contributed by atoms with Gasteiger partial charge in [-0.3, -0.25) is 4.98 Å². The number of pyridine rings is 1. The molecular weight excluding hydrogens is 222 g/mol. The fourth-order valence-corrected chi connectivity index (χ4v) is 2.03. The van der Waals surface area contributed by atoms with E-state index in [1.54, 1.807) is 0 Å². The summed E-state index contributed by atoms with van der Waals surface area (Å²) in [6, 6.07) is 2.68. The Morgan fingerprint density at radius 3 is 2.50 bits per heavy atom. The topological polar surface area (TPSA) is 28.2 Å². The second-order valence-electron chi connectivity index (χ2n) is 5.76. The van der Waals surface area contributed by atoms with E-state index in [2.05, 4.69) is 56.0 Å². The highest BCUT2D eigenvalue weighted by molar-refractivity contribution is 5.53. The van der Waals surface area contributed by atoms with Crippen LogP contribution in [0.3, 0.4) is 0 Å². The lowest BCUT2D eigenvalue weighted by molar-refractivity contribution is 0.584. The van der Waals surface area contributed by atoms with E-state index < -0.39 is 0 Å². The Balaban J connectivity index is 2.88. The minimum Gasteiger partial charge on any atom is -0.374 e. The van der Waals surface area contributed by atoms with Gasteiger partial charge in [-0.25, -0.2) is 0 Å². The van der Waals surface area contributed by atoms with E-state index in [-0.39, 0.29) is 0 Å². The number of rotatable bonds is 6. The van der Waals surface area contributed by atoms with Gasteiger partial charge in [0.1, 0.15) is 0 Å². The maximum atomic E-state index is 4.41. The molecule has 1 aromatic rings. The molecule has 0 aliphatic rings. The van der Waals surface area contributed by atoms with E-state index in [1.165, 1.54) is 11.3 Å². The summed E-state index contributed by atoms with van der Waals surface area (Å²) in [7, 11) is 2.16. The molecule has 0 amide bonds. The van der Waals surface area contributed by atoms with Gasteiger partial charge in [0.2, 0.25) is 0 Å². The summed E-state index contributed by atoms with van der Waals surface area (Å²) in [4.78, 5) is 6.74. The van der Waals surface area contributed by atoms with Crippen molar-refractivity contribution in [3.05, 3.63) is 23.5 Å². The molecule has 0 radical (unpaired) electrons. The first kappa shape index (κ1) is 15.0. The van der Waals surface area contributed by atoms with Crippen molar-refractivity contribution in [2.24, 2.45) is 5.92 Å². The van der Waals surface area contributed by atoms with Crippen LogP contribution in [-0.4, -0.2) is 24.6 Å². The highest BCUT2D eigenvalue weighted by atomic mass is 15.1. The van der Waals surface area contributed by atoms with Crippen LogP contribution in [0.1, 0.15) is 39.0 Å². The van der Waals surface area contributed by atoms with E-state index in [0.717, 1.165) is 18.8 Å². The van der Waals surface area contributed by atoms with Crippen molar-refractivity contribution in [3.63, 3.8) is 0 Å². The Bertz CT molecular complexity index is 372. The molecule has 3 nitrogen and oxygen atoms in total. The average Bonchev–Trinajstić information content (AvgIpc) is 2.26. The number of hydrogen-bond acceptors (Lipinski definition) is 3. The van der Waals surface area contributed by atoms with E-state index in [4.69, 9.17) is 0 Å². The maximum absolute atomic E-state index is 4.41. The summed E-state index contributed by atoms with van der Waals surface area (Å²) in [5.74, 6) is 0.661. The number of anilines is 1. The summed E-state index contributed by atoms with van der Waals surface area (Å²) in [5.41, 5.74) is 3.65. The first-order valence-corrected chi connectivity index (χ1v) is 6.80. The van der Waals surface area contributed by atoms with Crippen molar-refractivity contribution >= 4 is 5.69 Å². The van der Waals surface area contributed by atoms with Gasteiger partial charge in [0.05, 0.1) is 0 Å². The van der Waals surface area contributed by atoms with Gasteiger partial charge in [-0.05, 0) is 18.9 Å². The molecule has 0 atom stereocenters. The second kappa shape index (κ2) is 6.74. The zero-order valence-corrected chi connectivity index (χ0v) is 12.6. The smallest absolute Gasteiger partial charge is 0.0443 e. The van der Waals surface area contributed by atoms with Gasteiger partial charge >= 0.3 is 0 Å². The van der Waals surface area contributed by atoms with Crippen LogP contribution in [0.5, 0.6) is 0 Å². The van der Waals surface area contributed by atoms with Crippen LogP contribution in [0.4, 0.5) is 5.69 Å². The number of hydrogen-bond donors (Lipinski definition) is 1. The predicted octanol–water partition coefficient (Wildman–Crippen LogP) is 2.98. The molecule has 1 rings (SSSR count). The molecule has 18 heavy (non-hydrogen) atoms. The van der Waals surface area contributed by atoms with E-state index in [0.29, 0.717) is 12.0 Å². The largest absolute Gasteiger partial charge is 0.374 e. The predicted molar refractivity (Wildman–Crippen MR) is 79.1 cm³/mol. The maximum Gasteiger partial charge on any atom is 0.0443 e. The summed E-state index contributed by atoms with van der Waals surface area (Å²) in [6.45, 7) is 12.8. The Morgan fingerprint density at radius 2 is 1.94 bits per heavy atom. The highest BCUT2D eigenvalue weighted by Gasteiger charge is 2.10. The van der Waals surface area contributed by atoms with Crippen molar-refractivity contribution in [2.45, 2.75) is 47.2 Å². The standard InChI is InChI=1S/C15H27N3/c1-11(2)10-18(6)15-7-13(5)17-9-14(15)8-16-12(3)4/h7,9,11-12,16H,8,10H2,1-6H3. The zero-order chi connectivity index (χ0) is 13.7. The molecule has 3 heteroatoms. The molecule has 0 fully saturated rings. The lowest BCUT2D eigenvalue weighted by Gasteiger charge is -2.25. The summed E-state index contributed by atoms with van der Waals surface area (Å²) in [6.07, 6.45) is 2.00. The molecule has 0 saturated carbocycles. The molecule has 0 aliphatic heterocycles. The molecule has 1 heterocycles. The first-order chi connectivity index (χ1) is 8.40. The van der Waals surface area contributed by atoms with E-state index in [9.17, 15) is 0 Å². The molecule has 0 aromatic carbocycles. The van der Waals surface area contributed by atoms with Gasteiger partial charge in [0, 0.05) is 49.3 Å². The Labute approximate surface area is 112 Å². The lowest BCUT2D eigenvalue weighted by atomic mass is 10.1. The van der Waals surface area contributed by atoms with E-state index in [1.807, 2.05) is 13.1 Å². The minimum absolute atomic E-state index is 0.495. The fourth-order valence-electron chi connectivity index (χ4n) is 2.03. The molecular formula is C15H27N3. The molecule has 102 valence electrons. The van der Waals surface area contributed by atoms with Gasteiger partial charge in [-0.15, -0.1) is 0 Å². The van der Waals surface area contributed by atoms with Crippen molar-refractivity contribution in [1.29, 1.82) is 0 Å². The highest BCUT2D eigenvalue weighted by Crippen LogP contribution is 2.20. The summed E-state index contributed by atoms with van der Waals surface area (Å²) >= 11 is 0. The second-order valence-corrected chi connectivity index (χ2v) is 5.76. The molecule has 0 saturated heterocycles. The van der Waals surface area contributed by atoms with Crippen molar-refractivity contribution < 1.29 is 0 Å². The van der Waals surface area contributed by atoms with Crippen LogP contribution in [-0.2, 0) is 6.54 Å². The SMILES string of the molecule is Cc1cc(N(C)CC(C)C)c(CNC(C)C)cn1. The number of nitrogens with zero attached hydrogens (tertiary/aromatic N) is 2. The van der Waals surface area contributed by atoms with Gasteiger partial charge in [-0.1, -0.05) is 27.7 Å². The molecule has 0 aliphatic carbocycles. The van der Waals surface area contributed by atoms with Gasteiger partial charge in [-0.2, -0.15) is 0 Å². The van der Waals surface area contributed by atoms with Crippen LogP contribution in [0.2, 0.25) is 0 Å². The first-order valence-electron chi connectivity index (χ1n) is 6.80. The number of aromatic nitrogens is 1. The summed E-state index contributed by atoms with van der Waals surface area (Å²) < 4.78 is 0. The molecule has 1 N–H and O–H groups in total. The van der Waals surface area contributed by atoms with Crippen LogP contribution >= 0.6 is 0 Å². The van der Waals surface area contributed by atoms with Crippen molar-refractivity contribution in [1.82, 2.24) is 10.3 Å². The molecule has 0 bridgehead atoms. The monoisotopic (exact) mass is 249 g/mol. The van der Waals surface area contributed by atoms with Gasteiger partial charge < -0.3 is 10.2 Å². The lowest BCUT2D eigenvalue weighted by Crippen LogP contribution is -2.27.